The van der Waals surface area contributed by atoms with Crippen LogP contribution in [0.1, 0.15) is 46.8 Å². The van der Waals surface area contributed by atoms with E-state index in [4.69, 9.17) is 25.8 Å². The monoisotopic (exact) mass is 593 g/mol. The van der Waals surface area contributed by atoms with E-state index < -0.39 is 11.9 Å². The second-order valence-electron chi connectivity index (χ2n) is 8.93. The van der Waals surface area contributed by atoms with Gasteiger partial charge in [-0.1, -0.05) is 63.9 Å². The largest absolute Gasteiger partial charge is 0.490 e. The summed E-state index contributed by atoms with van der Waals surface area (Å²) in [6, 6.07) is 18.7. The highest BCUT2D eigenvalue weighted by molar-refractivity contribution is 9.10. The quantitative estimate of drug-likeness (QED) is 0.303. The molecule has 0 amide bonds. The number of carbonyl (C=O) groups excluding carboxylic acids is 2. The van der Waals surface area contributed by atoms with Gasteiger partial charge < -0.3 is 19.5 Å². The highest BCUT2D eigenvalue weighted by Gasteiger charge is 2.43. The zero-order valence-corrected chi connectivity index (χ0v) is 23.4. The molecule has 0 spiro atoms. The number of allylic oxidation sites excluding steroid dienone is 2. The molecule has 0 aromatic heterocycles. The molecule has 38 heavy (non-hydrogen) atoms. The highest BCUT2D eigenvalue weighted by atomic mass is 79.9. The lowest BCUT2D eigenvalue weighted by atomic mass is 9.79. The Balaban J connectivity index is 1.61. The van der Waals surface area contributed by atoms with Crippen LogP contribution in [0.2, 0.25) is 5.02 Å². The molecule has 2 aliphatic rings. The Morgan fingerprint density at radius 2 is 1.76 bits per heavy atom. The average Bonchev–Trinajstić information content (AvgIpc) is 3.19. The van der Waals surface area contributed by atoms with Gasteiger partial charge in [0, 0.05) is 32.8 Å². The van der Waals surface area contributed by atoms with Crippen LogP contribution >= 0.6 is 27.5 Å². The van der Waals surface area contributed by atoms with Crippen LogP contribution in [0.3, 0.4) is 0 Å². The van der Waals surface area contributed by atoms with Gasteiger partial charge in [-0.25, -0.2) is 4.79 Å². The zero-order valence-electron chi connectivity index (χ0n) is 21.1. The van der Waals surface area contributed by atoms with E-state index in [1.807, 2.05) is 49.4 Å². The zero-order chi connectivity index (χ0) is 27.0. The maximum absolute atomic E-state index is 13.7. The van der Waals surface area contributed by atoms with Crippen molar-refractivity contribution < 1.29 is 23.8 Å². The maximum atomic E-state index is 13.7. The van der Waals surface area contributed by atoms with Crippen LogP contribution in [0.25, 0.3) is 5.70 Å². The lowest BCUT2D eigenvalue weighted by molar-refractivity contribution is -0.136. The van der Waals surface area contributed by atoms with Gasteiger partial charge in [0.1, 0.15) is 6.61 Å². The van der Waals surface area contributed by atoms with Crippen molar-refractivity contribution in [2.75, 3.05) is 13.7 Å². The van der Waals surface area contributed by atoms with Crippen molar-refractivity contribution in [2.45, 2.75) is 26.4 Å². The molecule has 8 heteroatoms. The number of esters is 1. The van der Waals surface area contributed by atoms with Gasteiger partial charge in [-0.2, -0.15) is 0 Å². The Morgan fingerprint density at radius 1 is 1.05 bits per heavy atom. The topological polar surface area (TPSA) is 73.9 Å². The van der Waals surface area contributed by atoms with Crippen LogP contribution in [0, 0.1) is 0 Å². The number of carbonyl (C=O) groups is 2. The average molecular weight is 595 g/mol. The summed E-state index contributed by atoms with van der Waals surface area (Å²) in [5.74, 6) is -0.565. The van der Waals surface area contributed by atoms with E-state index in [1.165, 1.54) is 7.11 Å². The van der Waals surface area contributed by atoms with Gasteiger partial charge in [-0.05, 0) is 49.2 Å². The maximum Gasteiger partial charge on any atom is 0.336 e. The van der Waals surface area contributed by atoms with E-state index in [-0.39, 0.29) is 12.4 Å². The fourth-order valence-electron chi connectivity index (χ4n) is 4.94. The van der Waals surface area contributed by atoms with Crippen molar-refractivity contribution in [3.8, 4) is 11.5 Å². The number of dihydropyridines is 1. The van der Waals surface area contributed by atoms with E-state index in [2.05, 4.69) is 21.2 Å². The van der Waals surface area contributed by atoms with E-state index in [0.717, 1.165) is 15.6 Å². The van der Waals surface area contributed by atoms with Gasteiger partial charge in [0.15, 0.2) is 17.3 Å². The van der Waals surface area contributed by atoms with Crippen LogP contribution in [0.15, 0.2) is 82.0 Å². The molecule has 1 aliphatic carbocycles. The fraction of sp³-hybridized carbons (Fsp3) is 0.200. The standard InChI is InChI=1S/C30H25BrClNO5/c1-4-37-23-14-18(13-22(32)29(23)38-15-17-9-11-19(31)12-10-17)25-24(30(35)36-3)16(2)33-27-20-7-5-6-8-21(20)28(34)26(25)27/h5-14,25,33H,4,15H2,1-3H3/t25-/m0/s1. The lowest BCUT2D eigenvalue weighted by Crippen LogP contribution is -2.29. The first-order valence-corrected chi connectivity index (χ1v) is 13.3. The minimum absolute atomic E-state index is 0.147. The number of ether oxygens (including phenoxy) is 3. The Bertz CT molecular complexity index is 1510. The molecule has 0 saturated heterocycles. The predicted octanol–water partition coefficient (Wildman–Crippen LogP) is 6.82. The van der Waals surface area contributed by atoms with Crippen molar-refractivity contribution in [1.29, 1.82) is 0 Å². The first-order chi connectivity index (χ1) is 18.3. The third kappa shape index (κ3) is 4.61. The summed E-state index contributed by atoms with van der Waals surface area (Å²) in [6.07, 6.45) is 0. The highest BCUT2D eigenvalue weighted by Crippen LogP contribution is 2.49. The van der Waals surface area contributed by atoms with Crippen LogP contribution in [-0.2, 0) is 16.1 Å². The molecule has 1 heterocycles. The number of ketones is 1. The molecular formula is C30H25BrClNO5. The minimum atomic E-state index is -0.712. The van der Waals surface area contributed by atoms with Crippen molar-refractivity contribution in [1.82, 2.24) is 5.32 Å². The number of halogens is 2. The second kappa shape index (κ2) is 10.7. The third-order valence-corrected chi connectivity index (χ3v) is 7.43. The van der Waals surface area contributed by atoms with Gasteiger partial charge in [-0.3, -0.25) is 4.79 Å². The molecule has 0 bridgehead atoms. The van der Waals surface area contributed by atoms with Gasteiger partial charge in [0.2, 0.25) is 0 Å². The van der Waals surface area contributed by atoms with E-state index in [9.17, 15) is 9.59 Å². The number of benzene rings is 3. The summed E-state index contributed by atoms with van der Waals surface area (Å²) >= 11 is 10.2. The molecule has 3 aromatic carbocycles. The first kappa shape index (κ1) is 26.1. The number of Topliss-reactive ketones (excluding diaryl/α,β-unsaturated/α-hetero) is 1. The van der Waals surface area contributed by atoms with Crippen LogP contribution < -0.4 is 14.8 Å². The Labute approximate surface area is 234 Å². The molecule has 0 saturated carbocycles. The van der Waals surface area contributed by atoms with Gasteiger partial charge >= 0.3 is 5.97 Å². The van der Waals surface area contributed by atoms with Crippen molar-refractivity contribution in [2.24, 2.45) is 0 Å². The molecular weight excluding hydrogens is 570 g/mol. The first-order valence-electron chi connectivity index (χ1n) is 12.1. The number of rotatable bonds is 7. The van der Waals surface area contributed by atoms with Crippen molar-refractivity contribution >= 4 is 45.0 Å². The fourth-order valence-corrected chi connectivity index (χ4v) is 5.47. The van der Waals surface area contributed by atoms with E-state index in [1.54, 1.807) is 25.1 Å². The predicted molar refractivity (Wildman–Crippen MR) is 149 cm³/mol. The summed E-state index contributed by atoms with van der Waals surface area (Å²) in [4.78, 5) is 26.7. The molecule has 1 atom stereocenters. The van der Waals surface area contributed by atoms with Crippen LogP contribution in [-0.4, -0.2) is 25.5 Å². The smallest absolute Gasteiger partial charge is 0.336 e. The molecule has 1 aliphatic heterocycles. The second-order valence-corrected chi connectivity index (χ2v) is 10.3. The van der Waals surface area contributed by atoms with E-state index in [0.29, 0.717) is 56.8 Å². The molecule has 5 rings (SSSR count). The van der Waals surface area contributed by atoms with E-state index >= 15 is 0 Å². The van der Waals surface area contributed by atoms with Gasteiger partial charge in [0.05, 0.1) is 30.0 Å². The van der Waals surface area contributed by atoms with Crippen LogP contribution in [0.5, 0.6) is 11.5 Å². The lowest BCUT2D eigenvalue weighted by Gasteiger charge is -2.29. The SMILES string of the molecule is CCOc1cc([C@H]2C(C(=O)OC)=C(C)NC3=C2C(=O)c2ccccc23)cc(Cl)c1OCc1ccc(Br)cc1. The summed E-state index contributed by atoms with van der Waals surface area (Å²) in [5, 5.41) is 3.60. The summed E-state index contributed by atoms with van der Waals surface area (Å²) in [6.45, 7) is 4.33. The summed E-state index contributed by atoms with van der Waals surface area (Å²) in [5.41, 5.74) is 5.08. The molecule has 3 aromatic rings. The molecule has 6 nitrogen and oxygen atoms in total. The van der Waals surface area contributed by atoms with Crippen LogP contribution in [0.4, 0.5) is 0 Å². The Kier molecular flexibility index (Phi) is 7.32. The number of hydrogen-bond donors (Lipinski definition) is 1. The van der Waals surface area contributed by atoms with Gasteiger partial charge in [0.25, 0.3) is 0 Å². The molecule has 0 unspecified atom stereocenters. The van der Waals surface area contributed by atoms with Crippen molar-refractivity contribution in [3.63, 3.8) is 0 Å². The summed E-state index contributed by atoms with van der Waals surface area (Å²) < 4.78 is 18.1. The number of nitrogens with one attached hydrogen (secondary N) is 1. The third-order valence-electron chi connectivity index (χ3n) is 6.62. The summed E-state index contributed by atoms with van der Waals surface area (Å²) in [7, 11) is 1.33. The normalized spacial score (nSPS) is 16.1. The minimum Gasteiger partial charge on any atom is -0.490 e. The molecule has 0 fully saturated rings. The van der Waals surface area contributed by atoms with Gasteiger partial charge in [-0.15, -0.1) is 0 Å². The number of fused-ring (bicyclic) bond motifs is 2. The Hall–Kier alpha value is -3.55. The number of methoxy groups -OCH3 is 1. The Morgan fingerprint density at radius 3 is 2.45 bits per heavy atom. The number of hydrogen-bond acceptors (Lipinski definition) is 6. The molecule has 0 radical (unpaired) electrons. The van der Waals surface area contributed by atoms with Crippen molar-refractivity contribution in [3.05, 3.63) is 109 Å². The molecule has 1 N–H and O–H groups in total. The molecule has 194 valence electrons.